The Morgan fingerprint density at radius 1 is 1.06 bits per heavy atom. The molecule has 3 rings (SSSR count). The van der Waals surface area contributed by atoms with Crippen molar-refractivity contribution in [1.82, 2.24) is 10.3 Å². The standard InChI is InChI=1S/C15H16N2O/c1-2-6-13(7-3-1)15(12-16-10-11-18-15)14-8-4-5-9-17-14/h1-9,16H,10-12H2. The van der Waals surface area contributed by atoms with Gasteiger partial charge in [-0.05, 0) is 17.7 Å². The second-order valence-corrected chi connectivity index (χ2v) is 4.43. The number of nitrogens with one attached hydrogen (secondary N) is 1. The van der Waals surface area contributed by atoms with Crippen molar-refractivity contribution < 1.29 is 4.74 Å². The van der Waals surface area contributed by atoms with Crippen LogP contribution in [0, 0.1) is 0 Å². The van der Waals surface area contributed by atoms with Crippen LogP contribution < -0.4 is 5.32 Å². The van der Waals surface area contributed by atoms with Gasteiger partial charge in [-0.1, -0.05) is 36.4 Å². The molecule has 0 spiro atoms. The molecule has 0 radical (unpaired) electrons. The van der Waals surface area contributed by atoms with E-state index in [9.17, 15) is 0 Å². The molecule has 2 heterocycles. The molecule has 1 unspecified atom stereocenters. The topological polar surface area (TPSA) is 34.2 Å². The highest BCUT2D eigenvalue weighted by Crippen LogP contribution is 2.33. The van der Waals surface area contributed by atoms with Crippen molar-refractivity contribution in [2.45, 2.75) is 5.60 Å². The van der Waals surface area contributed by atoms with Crippen LogP contribution in [0.5, 0.6) is 0 Å². The summed E-state index contributed by atoms with van der Waals surface area (Å²) in [4.78, 5) is 4.49. The first kappa shape index (κ1) is 11.4. The van der Waals surface area contributed by atoms with Gasteiger partial charge in [-0.25, -0.2) is 0 Å². The van der Waals surface area contributed by atoms with Crippen molar-refractivity contribution in [3.8, 4) is 0 Å². The van der Waals surface area contributed by atoms with Gasteiger partial charge in [0.1, 0.15) is 5.60 Å². The number of morpholine rings is 1. The molecule has 1 aliphatic heterocycles. The van der Waals surface area contributed by atoms with Gasteiger partial charge in [0, 0.05) is 19.3 Å². The summed E-state index contributed by atoms with van der Waals surface area (Å²) in [7, 11) is 0. The number of pyridine rings is 1. The van der Waals surface area contributed by atoms with Crippen LogP contribution in [0.2, 0.25) is 0 Å². The van der Waals surface area contributed by atoms with Crippen LogP contribution in [0.25, 0.3) is 0 Å². The molecule has 1 saturated heterocycles. The zero-order valence-electron chi connectivity index (χ0n) is 10.2. The molecule has 0 saturated carbocycles. The van der Waals surface area contributed by atoms with E-state index in [1.807, 2.05) is 42.6 Å². The third-order valence-electron chi connectivity index (χ3n) is 3.32. The Hall–Kier alpha value is -1.71. The Labute approximate surface area is 107 Å². The quantitative estimate of drug-likeness (QED) is 0.871. The lowest BCUT2D eigenvalue weighted by Crippen LogP contribution is -2.48. The Bertz CT molecular complexity index is 451. The van der Waals surface area contributed by atoms with Gasteiger partial charge < -0.3 is 10.1 Å². The maximum atomic E-state index is 6.11. The minimum absolute atomic E-state index is 0.458. The number of rotatable bonds is 2. The SMILES string of the molecule is c1ccc(C2(c3ccccn3)CNCCO2)cc1. The van der Waals surface area contributed by atoms with E-state index in [1.54, 1.807) is 0 Å². The molecule has 1 atom stereocenters. The number of ether oxygens (including phenoxy) is 1. The summed E-state index contributed by atoms with van der Waals surface area (Å²) >= 11 is 0. The molecule has 3 nitrogen and oxygen atoms in total. The van der Waals surface area contributed by atoms with Crippen LogP contribution in [-0.2, 0) is 10.3 Å². The van der Waals surface area contributed by atoms with Gasteiger partial charge in [0.25, 0.3) is 0 Å². The molecule has 3 heteroatoms. The second-order valence-electron chi connectivity index (χ2n) is 4.43. The fourth-order valence-corrected chi connectivity index (χ4v) is 2.42. The monoisotopic (exact) mass is 240 g/mol. The fourth-order valence-electron chi connectivity index (χ4n) is 2.42. The Morgan fingerprint density at radius 3 is 2.56 bits per heavy atom. The largest absolute Gasteiger partial charge is 0.361 e. The van der Waals surface area contributed by atoms with E-state index < -0.39 is 5.60 Å². The summed E-state index contributed by atoms with van der Waals surface area (Å²) in [5.74, 6) is 0. The molecule has 0 amide bonds. The predicted octanol–water partition coefficient (Wildman–Crippen LogP) is 1.94. The van der Waals surface area contributed by atoms with E-state index in [4.69, 9.17) is 4.74 Å². The van der Waals surface area contributed by atoms with E-state index in [-0.39, 0.29) is 0 Å². The molecule has 1 aromatic carbocycles. The molecule has 18 heavy (non-hydrogen) atoms. The predicted molar refractivity (Wildman–Crippen MR) is 70.3 cm³/mol. The number of hydrogen-bond acceptors (Lipinski definition) is 3. The van der Waals surface area contributed by atoms with E-state index in [2.05, 4.69) is 22.4 Å². The molecule has 1 aliphatic rings. The summed E-state index contributed by atoms with van der Waals surface area (Å²) in [6, 6.07) is 16.3. The van der Waals surface area contributed by atoms with E-state index in [0.717, 1.165) is 24.3 Å². The van der Waals surface area contributed by atoms with Gasteiger partial charge >= 0.3 is 0 Å². The Balaban J connectivity index is 2.10. The number of benzene rings is 1. The average Bonchev–Trinajstić information content (AvgIpc) is 2.50. The van der Waals surface area contributed by atoms with E-state index >= 15 is 0 Å². The Kier molecular flexibility index (Phi) is 3.09. The van der Waals surface area contributed by atoms with Crippen molar-refractivity contribution in [2.24, 2.45) is 0 Å². The van der Waals surface area contributed by atoms with Gasteiger partial charge in [0.15, 0.2) is 0 Å². The minimum Gasteiger partial charge on any atom is -0.361 e. The van der Waals surface area contributed by atoms with E-state index in [0.29, 0.717) is 6.61 Å². The fraction of sp³-hybridized carbons (Fsp3) is 0.267. The lowest BCUT2D eigenvalue weighted by Gasteiger charge is -2.37. The second kappa shape index (κ2) is 4.88. The zero-order chi connectivity index (χ0) is 12.3. The molecule has 0 aliphatic carbocycles. The molecule has 0 bridgehead atoms. The highest BCUT2D eigenvalue weighted by atomic mass is 16.5. The number of hydrogen-bond donors (Lipinski definition) is 1. The Morgan fingerprint density at radius 2 is 1.89 bits per heavy atom. The van der Waals surface area contributed by atoms with Crippen LogP contribution >= 0.6 is 0 Å². The van der Waals surface area contributed by atoms with Crippen molar-refractivity contribution in [3.05, 3.63) is 66.0 Å². The third-order valence-corrected chi connectivity index (χ3v) is 3.32. The smallest absolute Gasteiger partial charge is 0.147 e. The first-order valence-corrected chi connectivity index (χ1v) is 6.23. The van der Waals surface area contributed by atoms with Gasteiger partial charge in [0.05, 0.1) is 12.3 Å². The van der Waals surface area contributed by atoms with Crippen LogP contribution in [0.1, 0.15) is 11.3 Å². The molecule has 2 aromatic rings. The van der Waals surface area contributed by atoms with Gasteiger partial charge in [-0.3, -0.25) is 4.98 Å². The lowest BCUT2D eigenvalue weighted by molar-refractivity contribution is -0.0432. The van der Waals surface area contributed by atoms with Crippen LogP contribution in [0.4, 0.5) is 0 Å². The molecular weight excluding hydrogens is 224 g/mol. The average molecular weight is 240 g/mol. The van der Waals surface area contributed by atoms with Crippen LogP contribution in [0.3, 0.4) is 0 Å². The highest BCUT2D eigenvalue weighted by Gasteiger charge is 2.38. The third kappa shape index (κ3) is 1.92. The summed E-state index contributed by atoms with van der Waals surface area (Å²) in [5, 5.41) is 3.41. The zero-order valence-corrected chi connectivity index (χ0v) is 10.2. The van der Waals surface area contributed by atoms with Crippen molar-refractivity contribution in [2.75, 3.05) is 19.7 Å². The van der Waals surface area contributed by atoms with Crippen molar-refractivity contribution in [1.29, 1.82) is 0 Å². The maximum absolute atomic E-state index is 6.11. The first-order valence-electron chi connectivity index (χ1n) is 6.23. The first-order chi connectivity index (χ1) is 8.92. The normalized spacial score (nSPS) is 23.8. The molecule has 92 valence electrons. The van der Waals surface area contributed by atoms with Gasteiger partial charge in [-0.2, -0.15) is 0 Å². The molecule has 1 fully saturated rings. The summed E-state index contributed by atoms with van der Waals surface area (Å²) in [5.41, 5.74) is 1.65. The molecular formula is C15H16N2O. The summed E-state index contributed by atoms with van der Waals surface area (Å²) < 4.78 is 6.11. The maximum Gasteiger partial charge on any atom is 0.147 e. The van der Waals surface area contributed by atoms with Crippen molar-refractivity contribution in [3.63, 3.8) is 0 Å². The van der Waals surface area contributed by atoms with Gasteiger partial charge in [-0.15, -0.1) is 0 Å². The minimum atomic E-state index is -0.458. The van der Waals surface area contributed by atoms with Crippen LogP contribution in [-0.4, -0.2) is 24.7 Å². The molecule has 1 aromatic heterocycles. The van der Waals surface area contributed by atoms with Crippen molar-refractivity contribution >= 4 is 0 Å². The lowest BCUT2D eigenvalue weighted by atomic mass is 9.88. The summed E-state index contributed by atoms with van der Waals surface area (Å²) in [6.07, 6.45) is 1.82. The van der Waals surface area contributed by atoms with Gasteiger partial charge in [0.2, 0.25) is 0 Å². The number of nitrogens with zero attached hydrogens (tertiary/aromatic N) is 1. The van der Waals surface area contributed by atoms with Crippen LogP contribution in [0.15, 0.2) is 54.7 Å². The van der Waals surface area contributed by atoms with E-state index in [1.165, 1.54) is 0 Å². The number of aromatic nitrogens is 1. The molecule has 1 N–H and O–H groups in total. The summed E-state index contributed by atoms with van der Waals surface area (Å²) in [6.45, 7) is 2.35. The highest BCUT2D eigenvalue weighted by molar-refractivity contribution is 5.33.